The molecule has 0 rings (SSSR count). The summed E-state index contributed by atoms with van der Waals surface area (Å²) in [6, 6.07) is 0. The van der Waals surface area contributed by atoms with E-state index in [1.807, 2.05) is 0 Å². The number of hydrogen-bond acceptors (Lipinski definition) is 4. The largest absolute Gasteiger partial charge is 2.00 e. The summed E-state index contributed by atoms with van der Waals surface area (Å²) in [5.41, 5.74) is 0. The van der Waals surface area contributed by atoms with Gasteiger partial charge in [-0.1, -0.05) is 0 Å². The molecule has 0 aliphatic carbocycles. The molecule has 0 atom stereocenters. The fraction of sp³-hybridized carbons (Fsp3) is 0. The predicted octanol–water partition coefficient (Wildman–Crippen LogP) is -4.34. The molecule has 0 aliphatic heterocycles. The van der Waals surface area contributed by atoms with E-state index >= 15 is 0 Å². The number of carbonyl (C=O) groups excluding carboxylic acids is 2. The molecule has 8 heavy (non-hydrogen) atoms. The van der Waals surface area contributed by atoms with Gasteiger partial charge in [0.1, 0.15) is 0 Å². The Morgan fingerprint density at radius 1 is 1.00 bits per heavy atom. The summed E-state index contributed by atoms with van der Waals surface area (Å²) in [6.07, 6.45) is 0. The molecule has 2 N–H and O–H groups in total. The van der Waals surface area contributed by atoms with Gasteiger partial charge in [-0.2, -0.15) is 0 Å². The number of carbonyl (C=O) groups is 2. The Kier molecular flexibility index (Phi) is 12.6. The number of hydrogen-bond donors (Lipinski definition) is 0. The number of carboxylic acid groups (broad SMARTS) is 2. The van der Waals surface area contributed by atoms with Gasteiger partial charge in [0, 0.05) is 0 Å². The number of carboxylic acids is 2. The standard InChI is InChI=1S/C2H2O4.Cr.H2O/c3-1(4)2(5)6;;/h(H,3,4)(H,5,6);;1H2/q;+2;/p-2. The zero-order valence-electron chi connectivity index (χ0n) is 3.54. The molecule has 0 aromatic carbocycles. The van der Waals surface area contributed by atoms with Crippen LogP contribution in [0.25, 0.3) is 0 Å². The van der Waals surface area contributed by atoms with Gasteiger partial charge in [0.25, 0.3) is 0 Å². The van der Waals surface area contributed by atoms with Gasteiger partial charge in [-0.3, -0.25) is 0 Å². The maximum atomic E-state index is 8.93. The average molecular weight is 158 g/mol. The van der Waals surface area contributed by atoms with E-state index in [0.717, 1.165) is 0 Å². The van der Waals surface area contributed by atoms with Gasteiger partial charge in [-0.25, -0.2) is 0 Å². The van der Waals surface area contributed by atoms with E-state index in [4.69, 9.17) is 19.8 Å². The number of aliphatic carboxylic acids is 2. The Hall–Kier alpha value is -0.568. The van der Waals surface area contributed by atoms with Crippen molar-refractivity contribution < 1.29 is 42.6 Å². The van der Waals surface area contributed by atoms with Crippen LogP contribution >= 0.6 is 0 Å². The van der Waals surface area contributed by atoms with Crippen molar-refractivity contribution in [2.24, 2.45) is 0 Å². The van der Waals surface area contributed by atoms with Crippen molar-refractivity contribution in [1.82, 2.24) is 0 Å². The zero-order chi connectivity index (χ0) is 5.15. The van der Waals surface area contributed by atoms with Gasteiger partial charge in [-0.15, -0.1) is 0 Å². The minimum atomic E-state index is -2.19. The van der Waals surface area contributed by atoms with Crippen LogP contribution in [0.1, 0.15) is 0 Å². The van der Waals surface area contributed by atoms with Crippen molar-refractivity contribution in [3.8, 4) is 0 Å². The van der Waals surface area contributed by atoms with Gasteiger partial charge in [0.15, 0.2) is 0 Å². The Morgan fingerprint density at radius 3 is 1.12 bits per heavy atom. The van der Waals surface area contributed by atoms with Crippen LogP contribution in [-0.4, -0.2) is 17.4 Å². The monoisotopic (exact) mass is 158 g/mol. The topological polar surface area (TPSA) is 112 Å². The first-order chi connectivity index (χ1) is 2.64. The first-order valence-corrected chi connectivity index (χ1v) is 1.07. The molecule has 0 saturated carbocycles. The Balaban J connectivity index is -0.000000125. The second-order valence-electron chi connectivity index (χ2n) is 0.575. The third-order valence-electron chi connectivity index (χ3n) is 0.167. The average Bonchev–Trinajstić information content (AvgIpc) is 1.36. The Morgan fingerprint density at radius 2 is 1.12 bits per heavy atom. The summed E-state index contributed by atoms with van der Waals surface area (Å²) >= 11 is 0. The van der Waals surface area contributed by atoms with Gasteiger partial charge >= 0.3 is 17.4 Å². The maximum Gasteiger partial charge on any atom is 2.00 e. The molecule has 6 heteroatoms. The van der Waals surface area contributed by atoms with Gasteiger partial charge in [0.05, 0.1) is 11.9 Å². The summed E-state index contributed by atoms with van der Waals surface area (Å²) in [5.74, 6) is -4.37. The first-order valence-electron chi connectivity index (χ1n) is 1.07. The molecule has 0 radical (unpaired) electrons. The van der Waals surface area contributed by atoms with Crippen molar-refractivity contribution in [2.75, 3.05) is 0 Å². The second-order valence-corrected chi connectivity index (χ2v) is 0.575. The third-order valence-corrected chi connectivity index (χ3v) is 0.167. The van der Waals surface area contributed by atoms with Crippen molar-refractivity contribution in [1.29, 1.82) is 0 Å². The molecule has 0 aromatic heterocycles. The fourth-order valence-corrected chi connectivity index (χ4v) is 0. The molecule has 0 spiro atoms. The molecule has 0 amide bonds. The molecule has 0 unspecified atom stereocenters. The van der Waals surface area contributed by atoms with E-state index in [0.29, 0.717) is 0 Å². The summed E-state index contributed by atoms with van der Waals surface area (Å²) in [5, 5.41) is 17.9. The van der Waals surface area contributed by atoms with Crippen molar-refractivity contribution in [3.63, 3.8) is 0 Å². The van der Waals surface area contributed by atoms with Crippen molar-refractivity contribution in [2.45, 2.75) is 0 Å². The fourth-order valence-electron chi connectivity index (χ4n) is 0. The van der Waals surface area contributed by atoms with Crippen LogP contribution in [0, 0.1) is 0 Å². The van der Waals surface area contributed by atoms with Crippen LogP contribution in [0.2, 0.25) is 0 Å². The van der Waals surface area contributed by atoms with Crippen LogP contribution in [0.3, 0.4) is 0 Å². The maximum absolute atomic E-state index is 8.93. The van der Waals surface area contributed by atoms with E-state index in [1.165, 1.54) is 0 Å². The van der Waals surface area contributed by atoms with E-state index in [1.54, 1.807) is 0 Å². The first kappa shape index (κ1) is 15.7. The molecule has 0 heterocycles. The second kappa shape index (κ2) is 6.43. The zero-order valence-corrected chi connectivity index (χ0v) is 4.82. The van der Waals surface area contributed by atoms with Crippen LogP contribution in [0.15, 0.2) is 0 Å². The van der Waals surface area contributed by atoms with E-state index < -0.39 is 11.9 Å². The van der Waals surface area contributed by atoms with Crippen molar-refractivity contribution in [3.05, 3.63) is 0 Å². The van der Waals surface area contributed by atoms with E-state index in [2.05, 4.69) is 0 Å². The number of rotatable bonds is 0. The summed E-state index contributed by atoms with van der Waals surface area (Å²) in [6.45, 7) is 0. The minimum Gasteiger partial charge on any atom is -0.543 e. The summed E-state index contributed by atoms with van der Waals surface area (Å²) < 4.78 is 0. The molecule has 5 nitrogen and oxygen atoms in total. The summed E-state index contributed by atoms with van der Waals surface area (Å²) in [7, 11) is 0. The molecular weight excluding hydrogens is 156 g/mol. The third kappa shape index (κ3) is 9.06. The molecule has 0 aromatic rings. The molecule has 0 aliphatic rings. The normalized spacial score (nSPS) is 5.50. The minimum absolute atomic E-state index is 0. The van der Waals surface area contributed by atoms with Gasteiger partial charge in [-0.05, 0) is 0 Å². The Bertz CT molecular complexity index is 76.4. The van der Waals surface area contributed by atoms with Crippen molar-refractivity contribution >= 4 is 11.9 Å². The Labute approximate surface area is 55.4 Å². The molecule has 0 bridgehead atoms. The quantitative estimate of drug-likeness (QED) is 0.331. The van der Waals surface area contributed by atoms with Crippen LogP contribution in [0.5, 0.6) is 0 Å². The SMILES string of the molecule is O.O=C([O-])C(=O)[O-].[Cr+2]. The smallest absolute Gasteiger partial charge is 0.543 e. The van der Waals surface area contributed by atoms with Crippen LogP contribution in [0.4, 0.5) is 0 Å². The van der Waals surface area contributed by atoms with Gasteiger partial charge < -0.3 is 25.3 Å². The predicted molar refractivity (Wildman–Crippen MR) is 13.6 cm³/mol. The van der Waals surface area contributed by atoms with Gasteiger partial charge in [0.2, 0.25) is 0 Å². The summed E-state index contributed by atoms with van der Waals surface area (Å²) in [4.78, 5) is 17.9. The molecule has 46 valence electrons. The van der Waals surface area contributed by atoms with Crippen LogP contribution in [-0.2, 0) is 27.0 Å². The van der Waals surface area contributed by atoms with E-state index in [-0.39, 0.29) is 22.8 Å². The van der Waals surface area contributed by atoms with E-state index in [9.17, 15) is 0 Å². The van der Waals surface area contributed by atoms with Crippen LogP contribution < -0.4 is 10.2 Å². The molecule has 0 fully saturated rings. The molecule has 0 saturated heterocycles. The molecular formula is C2H2CrO5.